The molecule has 1 aromatic carbocycles. The van der Waals surface area contributed by atoms with E-state index in [9.17, 15) is 0 Å². The first-order chi connectivity index (χ1) is 9.21. The van der Waals surface area contributed by atoms with E-state index in [-0.39, 0.29) is 11.1 Å². The van der Waals surface area contributed by atoms with Crippen molar-refractivity contribution in [2.75, 3.05) is 18.5 Å². The molecule has 112 valence electrons. The molecule has 1 aromatic rings. The summed E-state index contributed by atoms with van der Waals surface area (Å²) in [5, 5.41) is 3.71. The maximum Gasteiger partial charge on any atom is 0.192 e. The monoisotopic (exact) mass is 293 g/mol. The Labute approximate surface area is 123 Å². The fourth-order valence-corrected chi connectivity index (χ4v) is 3.05. The molecule has 0 saturated heterocycles. The molecule has 20 heavy (non-hydrogen) atoms. The van der Waals surface area contributed by atoms with Crippen LogP contribution in [0.25, 0.3) is 0 Å². The van der Waals surface area contributed by atoms with Gasteiger partial charge in [0.15, 0.2) is 8.32 Å². The molecular weight excluding hydrogens is 266 g/mol. The number of anilines is 1. The Morgan fingerprint density at radius 3 is 2.70 bits per heavy atom. The second-order valence-electron chi connectivity index (χ2n) is 7.14. The second kappa shape index (κ2) is 5.41. The number of para-hydroxylation sites is 1. The molecule has 0 fully saturated rings. The van der Waals surface area contributed by atoms with Gasteiger partial charge in [0.05, 0.1) is 18.8 Å². The molecule has 0 radical (unpaired) electrons. The van der Waals surface area contributed by atoms with Crippen molar-refractivity contribution in [2.45, 2.75) is 51.9 Å². The Hall–Kier alpha value is -1.00. The number of ether oxygens (including phenoxy) is 1. The minimum Gasteiger partial charge on any atom is -0.484 e. The van der Waals surface area contributed by atoms with Crippen LogP contribution in [-0.4, -0.2) is 27.6 Å². The van der Waals surface area contributed by atoms with Gasteiger partial charge in [0.25, 0.3) is 0 Å². The Morgan fingerprint density at radius 2 is 2.05 bits per heavy atom. The van der Waals surface area contributed by atoms with Crippen LogP contribution in [0.15, 0.2) is 18.2 Å². The van der Waals surface area contributed by atoms with E-state index < -0.39 is 8.32 Å². The van der Waals surface area contributed by atoms with Gasteiger partial charge >= 0.3 is 0 Å². The maximum absolute atomic E-state index is 6.25. The van der Waals surface area contributed by atoms with E-state index in [4.69, 9.17) is 9.16 Å². The van der Waals surface area contributed by atoms with Crippen LogP contribution in [0.4, 0.5) is 5.69 Å². The Bertz CT molecular complexity index is 480. The van der Waals surface area contributed by atoms with Gasteiger partial charge in [-0.05, 0) is 36.7 Å². The molecule has 0 aromatic heterocycles. The SMILES string of the molecule is Cc1cccc2c1NC[C@H](CO[Si](C)(C)C(C)(C)C)O2. The summed E-state index contributed by atoms with van der Waals surface area (Å²) >= 11 is 0. The highest BCUT2D eigenvalue weighted by atomic mass is 28.4. The number of rotatable bonds is 3. The van der Waals surface area contributed by atoms with Gasteiger partial charge in [-0.1, -0.05) is 32.9 Å². The predicted molar refractivity (Wildman–Crippen MR) is 87.2 cm³/mol. The normalized spacial score (nSPS) is 19.0. The zero-order chi connectivity index (χ0) is 15.0. The Kier molecular flexibility index (Phi) is 4.16. The third-order valence-electron chi connectivity index (χ3n) is 4.47. The van der Waals surface area contributed by atoms with Crippen LogP contribution in [0.3, 0.4) is 0 Å². The number of aryl methyl sites for hydroxylation is 1. The molecule has 0 bridgehead atoms. The van der Waals surface area contributed by atoms with Crippen molar-refractivity contribution in [3.63, 3.8) is 0 Å². The van der Waals surface area contributed by atoms with Gasteiger partial charge in [-0.2, -0.15) is 0 Å². The van der Waals surface area contributed by atoms with E-state index in [2.05, 4.69) is 52.2 Å². The van der Waals surface area contributed by atoms with Crippen molar-refractivity contribution in [1.82, 2.24) is 0 Å². The molecule has 0 spiro atoms. The van der Waals surface area contributed by atoms with Crippen LogP contribution in [0.2, 0.25) is 18.1 Å². The van der Waals surface area contributed by atoms with Crippen molar-refractivity contribution in [1.29, 1.82) is 0 Å². The Morgan fingerprint density at radius 1 is 1.35 bits per heavy atom. The molecule has 0 unspecified atom stereocenters. The van der Waals surface area contributed by atoms with Crippen molar-refractivity contribution < 1.29 is 9.16 Å². The first-order valence-electron chi connectivity index (χ1n) is 7.35. The lowest BCUT2D eigenvalue weighted by atomic mass is 10.1. The summed E-state index contributed by atoms with van der Waals surface area (Å²) in [4.78, 5) is 0. The van der Waals surface area contributed by atoms with Gasteiger partial charge in [-0.15, -0.1) is 0 Å². The number of fused-ring (bicyclic) bond motifs is 1. The summed E-state index contributed by atoms with van der Waals surface area (Å²) in [6.45, 7) is 14.9. The minimum atomic E-state index is -1.70. The van der Waals surface area contributed by atoms with Crippen LogP contribution >= 0.6 is 0 Å². The number of nitrogens with one attached hydrogen (secondary N) is 1. The van der Waals surface area contributed by atoms with Crippen LogP contribution < -0.4 is 10.1 Å². The van der Waals surface area contributed by atoms with Crippen LogP contribution in [0.1, 0.15) is 26.3 Å². The van der Waals surface area contributed by atoms with E-state index in [0.717, 1.165) is 18.0 Å². The van der Waals surface area contributed by atoms with Gasteiger partial charge in [0.1, 0.15) is 11.9 Å². The average Bonchev–Trinajstić information content (AvgIpc) is 2.35. The molecular formula is C16H27NO2Si. The molecule has 1 aliphatic heterocycles. The zero-order valence-electron chi connectivity index (χ0n) is 13.5. The van der Waals surface area contributed by atoms with E-state index >= 15 is 0 Å². The van der Waals surface area contributed by atoms with E-state index in [1.807, 2.05) is 12.1 Å². The van der Waals surface area contributed by atoms with Crippen LogP contribution in [0.5, 0.6) is 5.75 Å². The van der Waals surface area contributed by atoms with E-state index in [1.165, 1.54) is 5.56 Å². The van der Waals surface area contributed by atoms with E-state index in [1.54, 1.807) is 0 Å². The smallest absolute Gasteiger partial charge is 0.192 e. The van der Waals surface area contributed by atoms with Crippen molar-refractivity contribution in [3.05, 3.63) is 23.8 Å². The number of hydrogen-bond donors (Lipinski definition) is 1. The first kappa shape index (κ1) is 15.4. The lowest BCUT2D eigenvalue weighted by Gasteiger charge is -2.38. The first-order valence-corrected chi connectivity index (χ1v) is 10.3. The molecule has 4 heteroatoms. The van der Waals surface area contributed by atoms with Crippen molar-refractivity contribution >= 4 is 14.0 Å². The van der Waals surface area contributed by atoms with Crippen molar-refractivity contribution in [3.8, 4) is 5.75 Å². The van der Waals surface area contributed by atoms with Crippen LogP contribution in [0, 0.1) is 6.92 Å². The molecule has 1 heterocycles. The average molecular weight is 293 g/mol. The predicted octanol–water partition coefficient (Wildman–Crippen LogP) is 4.19. The van der Waals surface area contributed by atoms with Crippen LogP contribution in [-0.2, 0) is 4.43 Å². The third kappa shape index (κ3) is 3.18. The van der Waals surface area contributed by atoms with Gasteiger partial charge in [-0.25, -0.2) is 0 Å². The second-order valence-corrected chi connectivity index (χ2v) is 11.9. The molecule has 1 aliphatic rings. The summed E-state index contributed by atoms with van der Waals surface area (Å²) in [6.07, 6.45) is 0.0958. The highest BCUT2D eigenvalue weighted by molar-refractivity contribution is 6.74. The lowest BCUT2D eigenvalue weighted by molar-refractivity contribution is 0.124. The summed E-state index contributed by atoms with van der Waals surface area (Å²) < 4.78 is 12.3. The summed E-state index contributed by atoms with van der Waals surface area (Å²) in [7, 11) is -1.70. The summed E-state index contributed by atoms with van der Waals surface area (Å²) in [5.74, 6) is 0.945. The minimum absolute atomic E-state index is 0.0958. The number of benzene rings is 1. The fraction of sp³-hybridized carbons (Fsp3) is 0.625. The molecule has 3 nitrogen and oxygen atoms in total. The quantitative estimate of drug-likeness (QED) is 0.848. The van der Waals surface area contributed by atoms with Crippen molar-refractivity contribution in [2.24, 2.45) is 0 Å². The molecule has 1 N–H and O–H groups in total. The number of hydrogen-bond acceptors (Lipinski definition) is 3. The standard InChI is InChI=1S/C16H27NO2Si/c1-12-8-7-9-14-15(12)17-10-13(19-14)11-18-20(5,6)16(2,3)4/h7-9,13,17H,10-11H2,1-6H3/t13-/m1/s1. The zero-order valence-corrected chi connectivity index (χ0v) is 14.5. The topological polar surface area (TPSA) is 30.5 Å². The molecule has 1 atom stereocenters. The Balaban J connectivity index is 1.98. The van der Waals surface area contributed by atoms with Gasteiger partial charge < -0.3 is 14.5 Å². The summed E-state index contributed by atoms with van der Waals surface area (Å²) in [6, 6.07) is 6.16. The van der Waals surface area contributed by atoms with Gasteiger partial charge in [0, 0.05) is 0 Å². The highest BCUT2D eigenvalue weighted by Crippen LogP contribution is 2.37. The van der Waals surface area contributed by atoms with E-state index in [0.29, 0.717) is 6.61 Å². The van der Waals surface area contributed by atoms with Gasteiger partial charge in [-0.3, -0.25) is 0 Å². The lowest BCUT2D eigenvalue weighted by Crippen LogP contribution is -2.45. The summed E-state index contributed by atoms with van der Waals surface area (Å²) in [5.41, 5.74) is 2.35. The fourth-order valence-electron chi connectivity index (χ4n) is 2.01. The molecule has 0 aliphatic carbocycles. The third-order valence-corrected chi connectivity index (χ3v) is 8.97. The molecule has 0 saturated carbocycles. The molecule has 0 amide bonds. The highest BCUT2D eigenvalue weighted by Gasteiger charge is 2.38. The largest absolute Gasteiger partial charge is 0.484 e. The molecule has 2 rings (SSSR count). The maximum atomic E-state index is 6.25. The van der Waals surface area contributed by atoms with Gasteiger partial charge in [0.2, 0.25) is 0 Å².